The zero-order valence-corrected chi connectivity index (χ0v) is 24.1. The monoisotopic (exact) mass is 575 g/mol. The number of methoxy groups -OCH3 is 3. The molecule has 10 heteroatoms. The fraction of sp³-hybridized carbons (Fsp3) is 0.167. The van der Waals surface area contributed by atoms with E-state index in [1.165, 1.54) is 25.9 Å². The Morgan fingerprint density at radius 3 is 2.27 bits per heavy atom. The minimum Gasteiger partial charge on any atom is -0.496 e. The summed E-state index contributed by atoms with van der Waals surface area (Å²) in [5.74, 6) is 0.673. The second-order valence-corrected chi connectivity index (χ2v) is 10.1. The van der Waals surface area contributed by atoms with Gasteiger partial charge in [0.15, 0.2) is 17.1 Å². The predicted octanol–water partition coefficient (Wildman–Crippen LogP) is 4.34. The van der Waals surface area contributed by atoms with Crippen molar-refractivity contribution in [2.24, 2.45) is 0 Å². The number of nitrogens with one attached hydrogen (secondary N) is 1. The Kier molecular flexibility index (Phi) is 8.63. The van der Waals surface area contributed by atoms with Gasteiger partial charge in [-0.3, -0.25) is 14.2 Å². The Hall–Kier alpha value is -4.52. The maximum absolute atomic E-state index is 13.9. The number of thiazole rings is 1. The van der Waals surface area contributed by atoms with Crippen molar-refractivity contribution in [3.63, 3.8) is 0 Å². The van der Waals surface area contributed by atoms with Crippen LogP contribution in [0, 0.1) is 25.2 Å². The third-order valence-corrected chi connectivity index (χ3v) is 7.69. The van der Waals surface area contributed by atoms with E-state index in [0.717, 1.165) is 22.5 Å². The molecule has 3 aromatic carbocycles. The zero-order valence-electron chi connectivity index (χ0n) is 22.5. The number of nitrogens with zero attached hydrogens (tertiary/aromatic N) is 2. The first-order valence-corrected chi connectivity index (χ1v) is 13.2. The van der Waals surface area contributed by atoms with Crippen LogP contribution >= 0.6 is 22.9 Å². The number of aryl methyl sites for hydroxylation is 2. The van der Waals surface area contributed by atoms with E-state index in [1.807, 2.05) is 32.0 Å². The van der Waals surface area contributed by atoms with Crippen molar-refractivity contribution in [2.75, 3.05) is 26.6 Å². The van der Waals surface area contributed by atoms with Crippen LogP contribution < -0.4 is 34.3 Å². The molecule has 0 bridgehead atoms. The van der Waals surface area contributed by atoms with Crippen molar-refractivity contribution in [3.8, 4) is 29.0 Å². The first kappa shape index (κ1) is 28.5. The number of carbonyl (C=O) groups excluding carboxylic acids is 1. The summed E-state index contributed by atoms with van der Waals surface area (Å²) in [6.07, 6.45) is 1.63. The van der Waals surface area contributed by atoms with Crippen LogP contribution in [0.3, 0.4) is 0 Å². The van der Waals surface area contributed by atoms with E-state index < -0.39 is 11.5 Å². The molecule has 0 aliphatic heterocycles. The predicted molar refractivity (Wildman–Crippen MR) is 157 cm³/mol. The molecule has 8 nitrogen and oxygen atoms in total. The number of hydrogen-bond donors (Lipinski definition) is 1. The molecule has 0 spiro atoms. The number of amides is 1. The SMILES string of the molecule is COc1cc(OC)c(OC)cc1C=c1sc(=C(C#N)C(=O)Nc2ccccc2Cl)n(-c2ccc(C)c(C)c2)c1=O. The van der Waals surface area contributed by atoms with Crippen molar-refractivity contribution in [2.45, 2.75) is 13.8 Å². The molecule has 204 valence electrons. The number of aromatic nitrogens is 1. The zero-order chi connectivity index (χ0) is 29.0. The number of hydrogen-bond acceptors (Lipinski definition) is 7. The Bertz CT molecular complexity index is 1840. The van der Waals surface area contributed by atoms with Gasteiger partial charge in [-0.2, -0.15) is 5.26 Å². The van der Waals surface area contributed by atoms with E-state index in [9.17, 15) is 14.9 Å². The van der Waals surface area contributed by atoms with Gasteiger partial charge in [-0.1, -0.05) is 29.8 Å². The lowest BCUT2D eigenvalue weighted by atomic mass is 10.1. The number of para-hydroxylation sites is 1. The molecule has 0 unspecified atom stereocenters. The number of halogens is 1. The van der Waals surface area contributed by atoms with Gasteiger partial charge in [0.2, 0.25) is 0 Å². The van der Waals surface area contributed by atoms with Crippen LogP contribution in [0.1, 0.15) is 16.7 Å². The van der Waals surface area contributed by atoms with E-state index in [2.05, 4.69) is 5.32 Å². The van der Waals surface area contributed by atoms with Gasteiger partial charge in [0.1, 0.15) is 16.5 Å². The van der Waals surface area contributed by atoms with Gasteiger partial charge in [0.05, 0.1) is 42.3 Å². The first-order valence-electron chi connectivity index (χ1n) is 12.0. The Balaban J connectivity index is 2.03. The summed E-state index contributed by atoms with van der Waals surface area (Å²) in [4.78, 5) is 27.2. The van der Waals surface area contributed by atoms with Crippen molar-refractivity contribution >= 4 is 46.2 Å². The topological polar surface area (TPSA) is 103 Å². The van der Waals surface area contributed by atoms with Crippen molar-refractivity contribution in [3.05, 3.63) is 95.9 Å². The second-order valence-electron chi connectivity index (χ2n) is 8.69. The number of rotatable bonds is 7. The molecule has 4 aromatic rings. The van der Waals surface area contributed by atoms with Gasteiger partial charge in [0, 0.05) is 11.6 Å². The highest BCUT2D eigenvalue weighted by molar-refractivity contribution is 7.07. The summed E-state index contributed by atoms with van der Waals surface area (Å²) in [5, 5.41) is 13.1. The van der Waals surface area contributed by atoms with Crippen LogP contribution in [-0.4, -0.2) is 31.8 Å². The lowest BCUT2D eigenvalue weighted by Crippen LogP contribution is -2.32. The highest BCUT2D eigenvalue weighted by atomic mass is 35.5. The number of ether oxygens (including phenoxy) is 3. The number of anilines is 1. The van der Waals surface area contributed by atoms with E-state index in [1.54, 1.807) is 48.5 Å². The molecular weight excluding hydrogens is 550 g/mol. The summed E-state index contributed by atoms with van der Waals surface area (Å²) in [5.41, 5.74) is 2.77. The fourth-order valence-corrected chi connectivity index (χ4v) is 5.27. The molecule has 4 rings (SSSR count). The Morgan fingerprint density at radius 2 is 1.65 bits per heavy atom. The minimum atomic E-state index is -0.690. The molecule has 1 amide bonds. The average molecular weight is 576 g/mol. The van der Waals surface area contributed by atoms with Gasteiger partial charge in [-0.05, 0) is 61.4 Å². The summed E-state index contributed by atoms with van der Waals surface area (Å²) in [6.45, 7) is 3.89. The highest BCUT2D eigenvalue weighted by Gasteiger charge is 2.19. The van der Waals surface area contributed by atoms with Gasteiger partial charge < -0.3 is 19.5 Å². The third kappa shape index (κ3) is 5.59. The fourth-order valence-electron chi connectivity index (χ4n) is 4.00. The van der Waals surface area contributed by atoms with Gasteiger partial charge >= 0.3 is 0 Å². The molecule has 40 heavy (non-hydrogen) atoms. The van der Waals surface area contributed by atoms with Crippen LogP contribution in [0.2, 0.25) is 5.02 Å². The third-order valence-electron chi connectivity index (χ3n) is 6.27. The van der Waals surface area contributed by atoms with E-state index in [4.69, 9.17) is 25.8 Å². The smallest absolute Gasteiger partial charge is 0.273 e. The summed E-state index contributed by atoms with van der Waals surface area (Å²) < 4.78 is 18.1. The second kappa shape index (κ2) is 12.1. The van der Waals surface area contributed by atoms with Crippen molar-refractivity contribution in [1.82, 2.24) is 4.57 Å². The number of benzene rings is 3. The van der Waals surface area contributed by atoms with Crippen molar-refractivity contribution < 1.29 is 19.0 Å². The molecule has 1 aromatic heterocycles. The standard InChI is InChI=1S/C30H26ClN3O5S/c1-17-10-11-20(12-18(17)2)34-29(36)27(14-19-13-25(38-4)26(39-5)15-24(19)37-3)40-30(34)21(16-32)28(35)33-23-9-7-6-8-22(23)31/h6-15H,1-5H3,(H,33,35). The van der Waals surface area contributed by atoms with Crippen LogP contribution in [0.4, 0.5) is 5.69 Å². The van der Waals surface area contributed by atoms with Crippen LogP contribution in [0.5, 0.6) is 17.2 Å². The van der Waals surface area contributed by atoms with Gasteiger partial charge in [-0.25, -0.2) is 0 Å². The van der Waals surface area contributed by atoms with E-state index in [-0.39, 0.29) is 14.8 Å². The highest BCUT2D eigenvalue weighted by Crippen LogP contribution is 2.35. The molecule has 1 N–H and O–H groups in total. The molecule has 0 saturated carbocycles. The summed E-state index contributed by atoms with van der Waals surface area (Å²) >= 11 is 7.24. The lowest BCUT2D eigenvalue weighted by molar-refractivity contribution is -0.111. The molecule has 1 heterocycles. The molecule has 0 saturated heterocycles. The van der Waals surface area contributed by atoms with Crippen LogP contribution in [-0.2, 0) is 4.79 Å². The van der Waals surface area contributed by atoms with Gasteiger partial charge in [-0.15, -0.1) is 11.3 Å². The van der Waals surface area contributed by atoms with E-state index in [0.29, 0.717) is 39.2 Å². The van der Waals surface area contributed by atoms with E-state index >= 15 is 0 Å². The molecule has 0 aliphatic carbocycles. The quantitative estimate of drug-likeness (QED) is 0.352. The lowest BCUT2D eigenvalue weighted by Gasteiger charge is -2.11. The van der Waals surface area contributed by atoms with Crippen LogP contribution in [0.25, 0.3) is 17.3 Å². The molecule has 0 fully saturated rings. The van der Waals surface area contributed by atoms with Crippen LogP contribution in [0.15, 0.2) is 59.4 Å². The maximum Gasteiger partial charge on any atom is 0.273 e. The summed E-state index contributed by atoms with van der Waals surface area (Å²) in [7, 11) is 4.53. The minimum absolute atomic E-state index is 0.172. The van der Waals surface area contributed by atoms with Crippen molar-refractivity contribution in [1.29, 1.82) is 5.26 Å². The van der Waals surface area contributed by atoms with Gasteiger partial charge in [0.25, 0.3) is 11.5 Å². The number of nitriles is 1. The molecular formula is C30H26ClN3O5S. The largest absolute Gasteiger partial charge is 0.496 e. The number of carbonyl (C=O) groups is 1. The summed E-state index contributed by atoms with van der Waals surface area (Å²) in [6, 6.07) is 17.5. The normalized spacial score (nSPS) is 12.0. The average Bonchev–Trinajstić information content (AvgIpc) is 3.26. The maximum atomic E-state index is 13.9. The molecule has 0 aliphatic rings. The Morgan fingerprint density at radius 1 is 0.975 bits per heavy atom. The molecule has 0 radical (unpaired) electrons. The first-order chi connectivity index (χ1) is 19.2. The molecule has 0 atom stereocenters. The Labute approximate surface area is 239 Å².